The number of aliphatic hydroxyl groups is 1. The van der Waals surface area contributed by atoms with E-state index in [4.69, 9.17) is 19.3 Å². The van der Waals surface area contributed by atoms with Crippen LogP contribution in [0, 0.1) is 0 Å². The molecule has 2 atom stereocenters. The van der Waals surface area contributed by atoms with Gasteiger partial charge in [0.15, 0.2) is 6.10 Å². The number of carbonyl (C=O) groups is 2. The number of hydrogen-bond acceptors (Lipinski definition) is 7. The zero-order valence-electron chi connectivity index (χ0n) is 27.4. The number of allylic oxidation sites excluding steroid dienone is 5. The monoisotopic (exact) mass is 644 g/mol. The largest absolute Gasteiger partial charge is 0.469 e. The minimum absolute atomic E-state index is 0.193. The number of esters is 2. The van der Waals surface area contributed by atoms with E-state index in [1.807, 2.05) is 18.2 Å². The molecule has 0 aliphatic heterocycles. The quantitative estimate of drug-likeness (QED) is 0.0231. The third-order valence-electron chi connectivity index (χ3n) is 7.03. The number of unbranched alkanes of at least 4 members (excludes halogenated alkanes) is 13. The van der Waals surface area contributed by atoms with Crippen LogP contribution in [0.3, 0.4) is 0 Å². The lowest BCUT2D eigenvalue weighted by Crippen LogP contribution is -2.29. The van der Waals surface area contributed by atoms with Gasteiger partial charge in [-0.2, -0.15) is 0 Å². The number of ether oxygens (including phenoxy) is 2. The molecule has 0 heterocycles. The van der Waals surface area contributed by atoms with Gasteiger partial charge in [-0.05, 0) is 32.1 Å². The van der Waals surface area contributed by atoms with E-state index in [1.165, 1.54) is 38.5 Å². The van der Waals surface area contributed by atoms with E-state index in [2.05, 4.69) is 30.5 Å². The molecule has 0 spiro atoms. The minimum Gasteiger partial charge on any atom is -0.462 e. The molecule has 44 heavy (non-hydrogen) atoms. The Morgan fingerprint density at radius 2 is 1.27 bits per heavy atom. The Balaban J connectivity index is 4.10. The zero-order valence-corrected chi connectivity index (χ0v) is 28.3. The van der Waals surface area contributed by atoms with Crippen molar-refractivity contribution >= 4 is 19.8 Å². The molecule has 0 aromatic carbocycles. The van der Waals surface area contributed by atoms with Crippen LogP contribution >= 0.6 is 7.82 Å². The molecule has 0 bridgehead atoms. The maximum Gasteiger partial charge on any atom is 0.469 e. The Kier molecular flexibility index (Phi) is 28.7. The predicted octanol–water partition coefficient (Wildman–Crippen LogP) is 8.42. The average molecular weight is 645 g/mol. The lowest BCUT2D eigenvalue weighted by atomic mass is 10.1. The van der Waals surface area contributed by atoms with Crippen molar-refractivity contribution in [2.75, 3.05) is 13.2 Å². The lowest BCUT2D eigenvalue weighted by Gasteiger charge is -2.18. The molecule has 0 radical (unpaired) electrons. The summed E-state index contributed by atoms with van der Waals surface area (Å²) in [6.45, 7) is 3.42. The molecule has 256 valence electrons. The van der Waals surface area contributed by atoms with Crippen LogP contribution in [-0.4, -0.2) is 52.3 Å². The molecule has 0 aliphatic carbocycles. The minimum atomic E-state index is -4.76. The first-order valence-corrected chi connectivity index (χ1v) is 18.4. The van der Waals surface area contributed by atoms with Crippen LogP contribution in [0.2, 0.25) is 0 Å². The van der Waals surface area contributed by atoms with Gasteiger partial charge >= 0.3 is 19.8 Å². The Bertz CT molecular complexity index is 835. The molecule has 9 nitrogen and oxygen atoms in total. The Hall–Kier alpha value is -1.77. The molecule has 1 unspecified atom stereocenters. The maximum absolute atomic E-state index is 12.3. The average Bonchev–Trinajstić information content (AvgIpc) is 2.98. The highest BCUT2D eigenvalue weighted by Crippen LogP contribution is 2.35. The summed E-state index contributed by atoms with van der Waals surface area (Å²) in [6.07, 6.45) is 29.0. The number of phosphoric ester groups is 1. The molecule has 10 heteroatoms. The fourth-order valence-corrected chi connectivity index (χ4v) is 4.86. The lowest BCUT2D eigenvalue weighted by molar-refractivity contribution is -0.161. The Labute approximate surface area is 266 Å². The second-order valence-electron chi connectivity index (χ2n) is 11.3. The number of phosphoric acid groups is 1. The van der Waals surface area contributed by atoms with Crippen molar-refractivity contribution in [3.8, 4) is 0 Å². The fourth-order valence-electron chi connectivity index (χ4n) is 4.50. The van der Waals surface area contributed by atoms with Crippen LogP contribution in [0.1, 0.15) is 142 Å². The van der Waals surface area contributed by atoms with Gasteiger partial charge in [-0.25, -0.2) is 4.57 Å². The molecule has 0 aliphatic rings. The SMILES string of the molecule is CC/C=C/C/C=C/C=C/C(O)CCCCCCCC(=O)OC[C@H](COP(=O)(O)O)OC(=O)CCCCCCCCCCCC. The Morgan fingerprint density at radius 1 is 0.705 bits per heavy atom. The van der Waals surface area contributed by atoms with Gasteiger partial charge < -0.3 is 24.4 Å². The van der Waals surface area contributed by atoms with E-state index in [0.29, 0.717) is 19.3 Å². The van der Waals surface area contributed by atoms with Crippen LogP contribution in [-0.2, 0) is 28.2 Å². The third-order valence-corrected chi connectivity index (χ3v) is 7.51. The standard InChI is InChI=1S/C34H61O9P/c1-3-5-7-9-11-12-13-15-19-24-28-34(37)43-32(30-42-44(38,39)40)29-41-33(36)27-23-20-16-18-22-26-31(35)25-21-17-14-10-8-6-4-2/h6,8,14,17,21,25,31-32,35H,3-5,7,9-13,15-16,18-20,22-24,26-30H2,1-2H3,(H2,38,39,40)/b8-6+,17-14+,25-21+/t31?,32-/m1/s1. The molecule has 0 rings (SSSR count). The Morgan fingerprint density at radius 3 is 1.86 bits per heavy atom. The predicted molar refractivity (Wildman–Crippen MR) is 176 cm³/mol. The van der Waals surface area contributed by atoms with Crippen molar-refractivity contribution in [1.29, 1.82) is 0 Å². The molecule has 0 aromatic rings. The topological polar surface area (TPSA) is 140 Å². The van der Waals surface area contributed by atoms with Crippen LogP contribution in [0.25, 0.3) is 0 Å². The second kappa shape index (κ2) is 29.9. The summed E-state index contributed by atoms with van der Waals surface area (Å²) < 4.78 is 26.1. The van der Waals surface area contributed by atoms with Crippen LogP contribution < -0.4 is 0 Å². The molecule has 0 saturated carbocycles. The van der Waals surface area contributed by atoms with Crippen molar-refractivity contribution in [3.63, 3.8) is 0 Å². The van der Waals surface area contributed by atoms with E-state index < -0.39 is 38.6 Å². The van der Waals surface area contributed by atoms with E-state index >= 15 is 0 Å². The first kappa shape index (κ1) is 42.2. The number of aliphatic hydroxyl groups excluding tert-OH is 1. The summed E-state index contributed by atoms with van der Waals surface area (Å²) in [5.41, 5.74) is 0. The number of rotatable bonds is 30. The summed E-state index contributed by atoms with van der Waals surface area (Å²) in [7, 11) is -4.76. The highest BCUT2D eigenvalue weighted by atomic mass is 31.2. The van der Waals surface area contributed by atoms with E-state index in [0.717, 1.165) is 57.8 Å². The van der Waals surface area contributed by atoms with Gasteiger partial charge in [-0.1, -0.05) is 134 Å². The molecule has 0 saturated heterocycles. The van der Waals surface area contributed by atoms with Gasteiger partial charge in [0, 0.05) is 12.8 Å². The normalized spacial score (nSPS) is 13.7. The molecule has 0 aromatic heterocycles. The van der Waals surface area contributed by atoms with Crippen LogP contribution in [0.5, 0.6) is 0 Å². The first-order chi connectivity index (χ1) is 21.2. The summed E-state index contributed by atoms with van der Waals surface area (Å²) in [5.74, 6) is -0.965. The zero-order chi connectivity index (χ0) is 32.7. The smallest absolute Gasteiger partial charge is 0.462 e. The highest BCUT2D eigenvalue weighted by Gasteiger charge is 2.22. The van der Waals surface area contributed by atoms with Gasteiger partial charge in [-0.3, -0.25) is 14.1 Å². The summed E-state index contributed by atoms with van der Waals surface area (Å²) in [5, 5.41) is 10.0. The summed E-state index contributed by atoms with van der Waals surface area (Å²) >= 11 is 0. The highest BCUT2D eigenvalue weighted by molar-refractivity contribution is 7.46. The third kappa shape index (κ3) is 31.6. The van der Waals surface area contributed by atoms with Crippen LogP contribution in [0.15, 0.2) is 36.5 Å². The first-order valence-electron chi connectivity index (χ1n) is 16.9. The molecular weight excluding hydrogens is 583 g/mol. The molecule has 0 amide bonds. The van der Waals surface area contributed by atoms with Crippen LogP contribution in [0.4, 0.5) is 0 Å². The molecular formula is C34H61O9P. The number of carbonyl (C=O) groups excluding carboxylic acids is 2. The molecule has 0 fully saturated rings. The second-order valence-corrected chi connectivity index (χ2v) is 12.6. The molecule has 3 N–H and O–H groups in total. The van der Waals surface area contributed by atoms with Crippen molar-refractivity contribution in [3.05, 3.63) is 36.5 Å². The van der Waals surface area contributed by atoms with Crippen molar-refractivity contribution in [1.82, 2.24) is 0 Å². The summed E-state index contributed by atoms with van der Waals surface area (Å²) in [6, 6.07) is 0. The van der Waals surface area contributed by atoms with E-state index in [1.54, 1.807) is 6.08 Å². The van der Waals surface area contributed by atoms with Gasteiger partial charge in [-0.15, -0.1) is 0 Å². The van der Waals surface area contributed by atoms with Gasteiger partial charge in [0.05, 0.1) is 12.7 Å². The number of hydrogen-bond donors (Lipinski definition) is 3. The van der Waals surface area contributed by atoms with Crippen molar-refractivity contribution < 1.29 is 43.0 Å². The summed E-state index contributed by atoms with van der Waals surface area (Å²) in [4.78, 5) is 42.5. The van der Waals surface area contributed by atoms with Gasteiger partial charge in [0.1, 0.15) is 6.61 Å². The maximum atomic E-state index is 12.3. The van der Waals surface area contributed by atoms with Crippen molar-refractivity contribution in [2.24, 2.45) is 0 Å². The van der Waals surface area contributed by atoms with E-state index in [-0.39, 0.29) is 19.4 Å². The van der Waals surface area contributed by atoms with Crippen molar-refractivity contribution in [2.45, 2.75) is 154 Å². The van der Waals surface area contributed by atoms with E-state index in [9.17, 15) is 19.3 Å². The fraction of sp³-hybridized carbons (Fsp3) is 0.765. The van der Waals surface area contributed by atoms with Gasteiger partial charge in [0.2, 0.25) is 0 Å². The van der Waals surface area contributed by atoms with Gasteiger partial charge in [0.25, 0.3) is 0 Å².